The van der Waals surface area contributed by atoms with Gasteiger partial charge in [-0.05, 0) is 47.2 Å². The Morgan fingerprint density at radius 3 is 1.90 bits per heavy atom. The maximum absolute atomic E-state index is 14.5. The van der Waals surface area contributed by atoms with Gasteiger partial charge in [-0.25, -0.2) is 0 Å². The first-order valence-electron chi connectivity index (χ1n) is 14.5. The molecule has 5 rings (SSSR count). The van der Waals surface area contributed by atoms with Crippen molar-refractivity contribution >= 4 is 27.7 Å². The molecule has 1 fully saturated rings. The van der Waals surface area contributed by atoms with E-state index in [4.69, 9.17) is 0 Å². The number of carbonyl (C=O) groups is 2. The van der Waals surface area contributed by atoms with Gasteiger partial charge in [0.2, 0.25) is 11.8 Å². The van der Waals surface area contributed by atoms with Crippen LogP contribution in [0.25, 0.3) is 0 Å². The molecule has 41 heavy (non-hydrogen) atoms. The van der Waals surface area contributed by atoms with Gasteiger partial charge < -0.3 is 10.2 Å². The summed E-state index contributed by atoms with van der Waals surface area (Å²) in [7, 11) is 0. The highest BCUT2D eigenvalue weighted by molar-refractivity contribution is 9.10. The highest BCUT2D eigenvalue weighted by Gasteiger charge is 2.33. The Morgan fingerprint density at radius 1 is 0.756 bits per heavy atom. The lowest BCUT2D eigenvalue weighted by Gasteiger charge is -2.33. The summed E-state index contributed by atoms with van der Waals surface area (Å²) in [4.78, 5) is 30.3. The SMILES string of the molecule is O=C(NC1CCCC1)[C@H](Cc1ccccc1)N(Cc1cccc(Br)c1)C(=O)CC(c1ccccc1)c1ccccc1. The van der Waals surface area contributed by atoms with Gasteiger partial charge in [0.15, 0.2) is 0 Å². The Hall–Kier alpha value is -3.70. The van der Waals surface area contributed by atoms with Crippen LogP contribution >= 0.6 is 15.9 Å². The summed E-state index contributed by atoms with van der Waals surface area (Å²) >= 11 is 3.59. The lowest BCUT2D eigenvalue weighted by atomic mass is 9.87. The van der Waals surface area contributed by atoms with Crippen molar-refractivity contribution in [3.05, 3.63) is 142 Å². The zero-order valence-corrected chi connectivity index (χ0v) is 24.9. The number of benzene rings is 4. The molecule has 4 aromatic rings. The van der Waals surface area contributed by atoms with Gasteiger partial charge in [0.1, 0.15) is 6.04 Å². The molecule has 1 aliphatic carbocycles. The van der Waals surface area contributed by atoms with Crippen LogP contribution in [0, 0.1) is 0 Å². The quantitative estimate of drug-likeness (QED) is 0.190. The molecule has 1 N–H and O–H groups in total. The maximum atomic E-state index is 14.5. The van der Waals surface area contributed by atoms with E-state index in [0.29, 0.717) is 13.0 Å². The van der Waals surface area contributed by atoms with E-state index in [2.05, 4.69) is 45.5 Å². The van der Waals surface area contributed by atoms with Crippen LogP contribution in [-0.4, -0.2) is 28.8 Å². The van der Waals surface area contributed by atoms with Crippen molar-refractivity contribution in [2.24, 2.45) is 0 Å². The molecule has 210 valence electrons. The predicted octanol–water partition coefficient (Wildman–Crippen LogP) is 7.67. The fourth-order valence-electron chi connectivity index (χ4n) is 5.84. The van der Waals surface area contributed by atoms with Crippen LogP contribution < -0.4 is 5.32 Å². The van der Waals surface area contributed by atoms with E-state index in [0.717, 1.165) is 52.4 Å². The van der Waals surface area contributed by atoms with E-state index in [1.54, 1.807) is 0 Å². The number of hydrogen-bond donors (Lipinski definition) is 1. The summed E-state index contributed by atoms with van der Waals surface area (Å²) in [6.45, 7) is 0.351. The van der Waals surface area contributed by atoms with Crippen molar-refractivity contribution in [1.29, 1.82) is 0 Å². The van der Waals surface area contributed by atoms with Gasteiger partial charge in [0, 0.05) is 35.8 Å². The van der Waals surface area contributed by atoms with Gasteiger partial charge in [-0.2, -0.15) is 0 Å². The Balaban J connectivity index is 1.51. The summed E-state index contributed by atoms with van der Waals surface area (Å²) in [6, 6.07) is 38.0. The second-order valence-electron chi connectivity index (χ2n) is 10.9. The lowest BCUT2D eigenvalue weighted by molar-refractivity contribution is -0.141. The van der Waals surface area contributed by atoms with Crippen molar-refractivity contribution in [2.75, 3.05) is 0 Å². The Bertz CT molecular complexity index is 1370. The monoisotopic (exact) mass is 608 g/mol. The van der Waals surface area contributed by atoms with Crippen LogP contribution in [-0.2, 0) is 22.6 Å². The molecule has 1 atom stereocenters. The van der Waals surface area contributed by atoms with Crippen molar-refractivity contribution in [3.63, 3.8) is 0 Å². The third-order valence-electron chi connectivity index (χ3n) is 8.00. The molecule has 0 aliphatic heterocycles. The van der Waals surface area contributed by atoms with Gasteiger partial charge in [-0.15, -0.1) is 0 Å². The molecular weight excluding hydrogens is 572 g/mol. The summed E-state index contributed by atoms with van der Waals surface area (Å²) in [5.41, 5.74) is 4.19. The average molecular weight is 610 g/mol. The van der Waals surface area contributed by atoms with Gasteiger partial charge in [0.25, 0.3) is 0 Å². The van der Waals surface area contributed by atoms with Crippen LogP contribution in [0.2, 0.25) is 0 Å². The number of amides is 2. The second-order valence-corrected chi connectivity index (χ2v) is 11.8. The first-order valence-corrected chi connectivity index (χ1v) is 15.3. The standard InChI is InChI=1S/C36H37BrN2O2/c37-31-20-12-15-28(23-31)26-39(34(24-27-13-4-1-5-14-27)36(41)38-32-21-10-11-22-32)35(40)25-33(29-16-6-2-7-17-29)30-18-8-3-9-19-30/h1-9,12-20,23,32-34H,10-11,21-22,24-26H2,(H,38,41)/t34-/m0/s1. The number of rotatable bonds is 11. The average Bonchev–Trinajstić information content (AvgIpc) is 3.52. The minimum absolute atomic E-state index is 0.0369. The largest absolute Gasteiger partial charge is 0.352 e. The maximum Gasteiger partial charge on any atom is 0.243 e. The number of halogens is 1. The van der Waals surface area contributed by atoms with Crippen molar-refractivity contribution in [1.82, 2.24) is 10.2 Å². The molecule has 0 heterocycles. The summed E-state index contributed by atoms with van der Waals surface area (Å²) in [5, 5.41) is 3.31. The molecule has 2 amide bonds. The zero-order chi connectivity index (χ0) is 28.4. The van der Waals surface area contributed by atoms with Gasteiger partial charge in [-0.1, -0.05) is 132 Å². The predicted molar refractivity (Wildman–Crippen MR) is 168 cm³/mol. The third-order valence-corrected chi connectivity index (χ3v) is 8.49. The van der Waals surface area contributed by atoms with Gasteiger partial charge in [-0.3, -0.25) is 9.59 Å². The number of nitrogens with zero attached hydrogens (tertiary/aromatic N) is 1. The first-order chi connectivity index (χ1) is 20.1. The number of hydrogen-bond acceptors (Lipinski definition) is 2. The second kappa shape index (κ2) is 14.3. The zero-order valence-electron chi connectivity index (χ0n) is 23.3. The summed E-state index contributed by atoms with van der Waals surface area (Å²) in [6.07, 6.45) is 4.97. The molecule has 4 aromatic carbocycles. The molecular formula is C36H37BrN2O2. The Morgan fingerprint density at radius 2 is 1.32 bits per heavy atom. The topological polar surface area (TPSA) is 49.4 Å². The fraction of sp³-hybridized carbons (Fsp3) is 0.278. The molecule has 0 unspecified atom stereocenters. The smallest absolute Gasteiger partial charge is 0.243 e. The molecule has 4 nitrogen and oxygen atoms in total. The highest BCUT2D eigenvalue weighted by Crippen LogP contribution is 2.30. The van der Waals surface area contributed by atoms with Crippen molar-refractivity contribution in [3.8, 4) is 0 Å². The molecule has 0 bridgehead atoms. The number of nitrogens with one attached hydrogen (secondary N) is 1. The highest BCUT2D eigenvalue weighted by atomic mass is 79.9. The van der Waals surface area contributed by atoms with E-state index < -0.39 is 6.04 Å². The summed E-state index contributed by atoms with van der Waals surface area (Å²) < 4.78 is 0.948. The van der Waals surface area contributed by atoms with Crippen LogP contribution in [0.5, 0.6) is 0 Å². The normalized spacial score (nSPS) is 14.1. The van der Waals surface area contributed by atoms with Gasteiger partial charge in [0.05, 0.1) is 0 Å². The molecule has 1 saturated carbocycles. The molecule has 0 aromatic heterocycles. The molecule has 5 heteroatoms. The fourth-order valence-corrected chi connectivity index (χ4v) is 6.29. The minimum Gasteiger partial charge on any atom is -0.352 e. The number of carbonyl (C=O) groups excluding carboxylic acids is 2. The van der Waals surface area contributed by atoms with E-state index in [1.807, 2.05) is 95.9 Å². The van der Waals surface area contributed by atoms with Crippen LogP contribution in [0.1, 0.15) is 60.3 Å². The molecule has 1 aliphatic rings. The molecule has 0 saturated heterocycles. The molecule has 0 spiro atoms. The Kier molecular flexibility index (Phi) is 10.0. The van der Waals surface area contributed by atoms with E-state index in [-0.39, 0.29) is 30.2 Å². The van der Waals surface area contributed by atoms with Gasteiger partial charge >= 0.3 is 0 Å². The van der Waals surface area contributed by atoms with Crippen molar-refractivity contribution in [2.45, 2.75) is 63.1 Å². The summed E-state index contributed by atoms with van der Waals surface area (Å²) in [5.74, 6) is -0.226. The van der Waals surface area contributed by atoms with Crippen LogP contribution in [0.4, 0.5) is 0 Å². The van der Waals surface area contributed by atoms with E-state index in [9.17, 15) is 9.59 Å². The van der Waals surface area contributed by atoms with E-state index >= 15 is 0 Å². The molecule has 0 radical (unpaired) electrons. The third kappa shape index (κ3) is 7.95. The Labute approximate surface area is 251 Å². The van der Waals surface area contributed by atoms with Crippen molar-refractivity contribution < 1.29 is 9.59 Å². The van der Waals surface area contributed by atoms with Crippen LogP contribution in [0.3, 0.4) is 0 Å². The minimum atomic E-state index is -0.628. The lowest BCUT2D eigenvalue weighted by Crippen LogP contribution is -2.52. The van der Waals surface area contributed by atoms with E-state index in [1.165, 1.54) is 0 Å². The van der Waals surface area contributed by atoms with Crippen LogP contribution in [0.15, 0.2) is 120 Å². The first kappa shape index (κ1) is 28.8.